The van der Waals surface area contributed by atoms with Crippen molar-refractivity contribution in [3.8, 4) is 0 Å². The standard InChI is InChI=1S/C9H6FN/c10-8-5-1-3-7-4-2-6-11-9(7)8/h1-6H/q+1. The summed E-state index contributed by atoms with van der Waals surface area (Å²) in [4.78, 5) is 3.91. The first-order chi connectivity index (χ1) is 5.38. The van der Waals surface area contributed by atoms with Crippen LogP contribution in [0.4, 0.5) is 10.1 Å². The summed E-state index contributed by atoms with van der Waals surface area (Å²) in [5.74, 6) is -0.261. The van der Waals surface area contributed by atoms with Gasteiger partial charge in [-0.25, -0.2) is 0 Å². The van der Waals surface area contributed by atoms with Crippen LogP contribution in [-0.2, 0) is 0 Å². The predicted octanol–water partition coefficient (Wildman–Crippen LogP) is 1.89. The lowest BCUT2D eigenvalue weighted by molar-refractivity contribution is 0.627. The maximum Gasteiger partial charge on any atom is 0.319 e. The minimum Gasteiger partial charge on any atom is -0.199 e. The molecule has 1 aliphatic rings. The third-order valence-electron chi connectivity index (χ3n) is 1.58. The highest BCUT2D eigenvalue weighted by Gasteiger charge is 2.16. The predicted molar refractivity (Wildman–Crippen MR) is 43.3 cm³/mol. The molecule has 0 aromatic heterocycles. The number of aliphatic imine (C=N–C) groups is 1. The molecule has 53 valence electrons. The van der Waals surface area contributed by atoms with Gasteiger partial charge in [0.25, 0.3) is 0 Å². The van der Waals surface area contributed by atoms with Crippen molar-refractivity contribution in [3.05, 3.63) is 35.7 Å². The number of rotatable bonds is 0. The van der Waals surface area contributed by atoms with Crippen LogP contribution in [0.5, 0.6) is 0 Å². The molecule has 0 saturated carbocycles. The lowest BCUT2D eigenvalue weighted by Crippen LogP contribution is -1.94. The summed E-state index contributed by atoms with van der Waals surface area (Å²) in [6.07, 6.45) is 5.22. The molecule has 1 aromatic carbocycles. The van der Waals surface area contributed by atoms with E-state index in [1.165, 1.54) is 6.07 Å². The second kappa shape index (κ2) is 2.31. The molecular weight excluding hydrogens is 141 g/mol. The molecule has 0 atom stereocenters. The van der Waals surface area contributed by atoms with Crippen molar-refractivity contribution >= 4 is 18.0 Å². The van der Waals surface area contributed by atoms with Gasteiger partial charge in [0.2, 0.25) is 12.0 Å². The Bertz CT molecular complexity index is 339. The van der Waals surface area contributed by atoms with Crippen LogP contribution >= 0.6 is 0 Å². The van der Waals surface area contributed by atoms with E-state index >= 15 is 0 Å². The molecule has 1 aromatic rings. The van der Waals surface area contributed by atoms with E-state index in [1.807, 2.05) is 12.1 Å². The summed E-state index contributed by atoms with van der Waals surface area (Å²) < 4.78 is 12.9. The normalized spacial score (nSPS) is 13.2. The highest BCUT2D eigenvalue weighted by molar-refractivity contribution is 5.85. The van der Waals surface area contributed by atoms with Gasteiger partial charge in [0.1, 0.15) is 0 Å². The third kappa shape index (κ3) is 0.963. The monoisotopic (exact) mass is 147 g/mol. The molecule has 0 aliphatic carbocycles. The van der Waals surface area contributed by atoms with E-state index in [4.69, 9.17) is 0 Å². The highest BCUT2D eigenvalue weighted by Crippen LogP contribution is 2.20. The first kappa shape index (κ1) is 6.28. The van der Waals surface area contributed by atoms with Crippen molar-refractivity contribution in [2.24, 2.45) is 0 Å². The zero-order valence-electron chi connectivity index (χ0n) is 5.79. The Kier molecular flexibility index (Phi) is 1.32. The first-order valence-electron chi connectivity index (χ1n) is 3.37. The number of hydrogen-bond donors (Lipinski definition) is 0. The van der Waals surface area contributed by atoms with Crippen LogP contribution in [0.15, 0.2) is 24.3 Å². The van der Waals surface area contributed by atoms with Gasteiger partial charge in [-0.05, 0) is 18.2 Å². The number of fused-ring (bicyclic) bond motifs is 1. The second-order valence-corrected chi connectivity index (χ2v) is 2.31. The van der Waals surface area contributed by atoms with Crippen molar-refractivity contribution < 1.29 is 4.39 Å². The highest BCUT2D eigenvalue weighted by atomic mass is 19.1. The Hall–Kier alpha value is -1.44. The lowest BCUT2D eigenvalue weighted by Gasteiger charge is -1.93. The molecule has 1 heterocycles. The summed E-state index contributed by atoms with van der Waals surface area (Å²) in [7, 11) is 0. The van der Waals surface area contributed by atoms with E-state index < -0.39 is 0 Å². The van der Waals surface area contributed by atoms with Crippen molar-refractivity contribution in [1.29, 1.82) is 0 Å². The third-order valence-corrected chi connectivity index (χ3v) is 1.58. The van der Waals surface area contributed by atoms with E-state index in [0.29, 0.717) is 5.69 Å². The van der Waals surface area contributed by atoms with Gasteiger partial charge in [0, 0.05) is 6.08 Å². The average Bonchev–Trinajstić information content (AvgIpc) is 2.06. The number of hydrogen-bond acceptors (Lipinski definition) is 1. The van der Waals surface area contributed by atoms with Gasteiger partial charge in [-0.2, -0.15) is 4.39 Å². The Morgan fingerprint density at radius 3 is 3.00 bits per heavy atom. The van der Waals surface area contributed by atoms with Crippen LogP contribution in [0.25, 0.3) is 6.08 Å². The van der Waals surface area contributed by atoms with Crippen LogP contribution in [0.3, 0.4) is 0 Å². The maximum atomic E-state index is 12.9. The van der Waals surface area contributed by atoms with Crippen molar-refractivity contribution in [3.63, 3.8) is 0 Å². The lowest BCUT2D eigenvalue weighted by atomic mass is 10.1. The summed E-state index contributed by atoms with van der Waals surface area (Å²) in [5, 5.41) is 0. The summed E-state index contributed by atoms with van der Waals surface area (Å²) in [6.45, 7) is 0. The van der Waals surface area contributed by atoms with E-state index in [1.54, 1.807) is 18.4 Å². The maximum absolute atomic E-state index is 12.9. The van der Waals surface area contributed by atoms with Gasteiger partial charge >= 0.3 is 5.69 Å². The minimum atomic E-state index is -0.261. The topological polar surface area (TPSA) is 14.1 Å². The van der Waals surface area contributed by atoms with Crippen molar-refractivity contribution in [2.45, 2.75) is 0 Å². The van der Waals surface area contributed by atoms with Gasteiger partial charge < -0.3 is 0 Å². The van der Waals surface area contributed by atoms with Gasteiger partial charge in [-0.1, -0.05) is 6.07 Å². The first-order valence-corrected chi connectivity index (χ1v) is 3.37. The molecule has 0 bridgehead atoms. The van der Waals surface area contributed by atoms with Crippen LogP contribution in [0.1, 0.15) is 5.56 Å². The molecule has 2 rings (SSSR count). The Morgan fingerprint density at radius 2 is 2.18 bits per heavy atom. The van der Waals surface area contributed by atoms with Crippen LogP contribution in [0, 0.1) is 5.82 Å². The smallest absolute Gasteiger partial charge is 0.199 e. The van der Waals surface area contributed by atoms with Crippen LogP contribution in [-0.4, -0.2) is 6.21 Å². The molecule has 0 fully saturated rings. The summed E-state index contributed by atoms with van der Waals surface area (Å²) in [5.41, 5.74) is 1.28. The molecule has 1 nitrogen and oxygen atoms in total. The number of para-hydroxylation sites is 1. The van der Waals surface area contributed by atoms with Crippen molar-refractivity contribution in [1.82, 2.24) is 4.99 Å². The number of halogens is 1. The molecule has 0 saturated heterocycles. The number of nitrogens with zero attached hydrogens (tertiary/aromatic N) is 1. The second-order valence-electron chi connectivity index (χ2n) is 2.31. The van der Waals surface area contributed by atoms with Gasteiger partial charge in [-0.3, -0.25) is 0 Å². The van der Waals surface area contributed by atoms with Gasteiger partial charge in [-0.15, -0.1) is 0 Å². The molecular formula is C9H6FN+. The van der Waals surface area contributed by atoms with Crippen molar-refractivity contribution in [2.75, 3.05) is 0 Å². The largest absolute Gasteiger partial charge is 0.319 e. The van der Waals surface area contributed by atoms with E-state index in [0.717, 1.165) is 5.56 Å². The number of allylic oxidation sites excluding steroid dienone is 1. The fourth-order valence-electron chi connectivity index (χ4n) is 1.07. The molecule has 0 spiro atoms. The quantitative estimate of drug-likeness (QED) is 0.532. The Morgan fingerprint density at radius 1 is 1.27 bits per heavy atom. The molecule has 11 heavy (non-hydrogen) atoms. The fourth-order valence-corrected chi connectivity index (χ4v) is 1.07. The molecule has 0 unspecified atom stereocenters. The zero-order chi connectivity index (χ0) is 7.68. The Labute approximate surface area is 63.9 Å². The summed E-state index contributed by atoms with van der Waals surface area (Å²) in [6, 6.07) is 4.93. The molecule has 2 heteroatoms. The van der Waals surface area contributed by atoms with E-state index in [2.05, 4.69) is 4.99 Å². The van der Waals surface area contributed by atoms with E-state index in [-0.39, 0.29) is 5.82 Å². The Balaban J connectivity index is 2.70. The zero-order valence-corrected chi connectivity index (χ0v) is 5.79. The molecule has 0 N–H and O–H groups in total. The SMILES string of the molecule is Fc1cccc2c1[N+]=CC=C2. The molecule has 1 radical (unpaired) electrons. The molecule has 1 aliphatic heterocycles. The van der Waals surface area contributed by atoms with Gasteiger partial charge in [0.05, 0.1) is 10.6 Å². The number of benzene rings is 1. The molecule has 0 amide bonds. The van der Waals surface area contributed by atoms with Crippen LogP contribution in [0.2, 0.25) is 0 Å². The average molecular weight is 147 g/mol. The van der Waals surface area contributed by atoms with Crippen LogP contribution < -0.4 is 4.99 Å². The summed E-state index contributed by atoms with van der Waals surface area (Å²) >= 11 is 0. The van der Waals surface area contributed by atoms with Gasteiger partial charge in [0.15, 0.2) is 0 Å². The fraction of sp³-hybridized carbons (Fsp3) is 0. The van der Waals surface area contributed by atoms with E-state index in [9.17, 15) is 4.39 Å². The minimum absolute atomic E-state index is 0.261.